The van der Waals surface area contributed by atoms with Crippen LogP contribution in [-0.4, -0.2) is 8.07 Å². The molecule has 154 valence electrons. The maximum atomic E-state index is 6.06. The van der Waals surface area contributed by atoms with E-state index in [0.29, 0.717) is 0 Å². The fraction of sp³-hybridized carbons (Fsp3) is 0.154. The first-order valence-electron chi connectivity index (χ1n) is 10.1. The maximum Gasteiger partial charge on any atom is 0.123 e. The predicted molar refractivity (Wildman–Crippen MR) is 131 cm³/mol. The second-order valence-electron chi connectivity index (χ2n) is 8.54. The Kier molecular flexibility index (Phi) is 7.18. The molecule has 0 saturated carbocycles. The van der Waals surface area contributed by atoms with Crippen LogP contribution in [0.1, 0.15) is 5.56 Å². The van der Waals surface area contributed by atoms with Crippen molar-refractivity contribution in [2.24, 2.45) is 0 Å². The van der Waals surface area contributed by atoms with Crippen molar-refractivity contribution in [2.75, 3.05) is 0 Å². The third-order valence-corrected chi connectivity index (χ3v) is 11.5. The molecule has 0 saturated heterocycles. The van der Waals surface area contributed by atoms with E-state index in [2.05, 4.69) is 117 Å². The number of halogens is 1. The summed E-state index contributed by atoms with van der Waals surface area (Å²) in [5.74, 6) is 0. The molecule has 1 heterocycles. The van der Waals surface area contributed by atoms with Crippen LogP contribution in [0.15, 0.2) is 108 Å². The minimum atomic E-state index is -1.86. The van der Waals surface area contributed by atoms with Crippen molar-refractivity contribution in [3.63, 3.8) is 0 Å². The molecule has 3 aromatic carbocycles. The summed E-state index contributed by atoms with van der Waals surface area (Å²) in [5, 5.41) is 5.41. The van der Waals surface area contributed by atoms with Gasteiger partial charge in [-0.1, -0.05) is 74.2 Å². The molecule has 0 aliphatic heterocycles. The molecule has 4 aromatic rings. The summed E-state index contributed by atoms with van der Waals surface area (Å²) in [7, 11) is -3.34. The summed E-state index contributed by atoms with van der Waals surface area (Å²) in [6.07, 6.45) is 2.97. The van der Waals surface area contributed by atoms with Crippen molar-refractivity contribution in [1.82, 2.24) is 0 Å². The molecule has 0 unspecified atom stereocenters. The molecule has 0 amide bonds. The van der Waals surface area contributed by atoms with Gasteiger partial charge in [0.25, 0.3) is 0 Å². The van der Waals surface area contributed by atoms with Crippen molar-refractivity contribution >= 4 is 36.6 Å². The minimum absolute atomic E-state index is 0. The van der Waals surface area contributed by atoms with Gasteiger partial charge in [0, 0.05) is 5.56 Å². The van der Waals surface area contributed by atoms with Crippen molar-refractivity contribution in [1.29, 1.82) is 0 Å². The van der Waals surface area contributed by atoms with E-state index in [1.54, 1.807) is 0 Å². The number of benzene rings is 3. The Morgan fingerprint density at radius 3 is 1.40 bits per heavy atom. The molecule has 1 aromatic heterocycles. The van der Waals surface area contributed by atoms with Crippen LogP contribution < -0.4 is 38.3 Å². The normalized spacial score (nSPS) is 11.7. The molecule has 0 spiro atoms. The van der Waals surface area contributed by atoms with Crippen LogP contribution in [0.3, 0.4) is 0 Å². The molecule has 0 fully saturated rings. The highest BCUT2D eigenvalue weighted by Gasteiger charge is 2.45. The topological polar surface area (TPSA) is 13.1 Å². The van der Waals surface area contributed by atoms with Crippen LogP contribution in [0, 0.1) is 0 Å². The number of rotatable bonds is 6. The zero-order chi connectivity index (χ0) is 20.3. The summed E-state index contributed by atoms with van der Waals surface area (Å²) in [6, 6.07) is 35.4. The highest BCUT2D eigenvalue weighted by Crippen LogP contribution is 2.58. The smallest absolute Gasteiger partial charge is 0.123 e. The van der Waals surface area contributed by atoms with E-state index in [-0.39, 0.29) is 17.0 Å². The first-order valence-corrected chi connectivity index (χ1v) is 15.6. The van der Waals surface area contributed by atoms with Gasteiger partial charge in [-0.15, -0.1) is 0 Å². The number of furan rings is 1. The molecule has 0 bridgehead atoms. The maximum absolute atomic E-state index is 6.06. The van der Waals surface area contributed by atoms with Crippen molar-refractivity contribution in [3.05, 3.63) is 109 Å². The Balaban J connectivity index is 0.00000256. The summed E-state index contributed by atoms with van der Waals surface area (Å²) >= 11 is 0. The summed E-state index contributed by atoms with van der Waals surface area (Å²) < 4.78 is 6.06. The SMILES string of the molecule is C[Si](C)(C)c1cc(C[P+](c2ccccc2)(c2ccccc2)c2ccccc2)co1.[Br-]. The summed E-state index contributed by atoms with van der Waals surface area (Å²) in [6.45, 7) is 7.01. The van der Waals surface area contributed by atoms with E-state index in [1.807, 2.05) is 6.26 Å². The van der Waals surface area contributed by atoms with Crippen molar-refractivity contribution in [3.8, 4) is 0 Å². The Labute approximate surface area is 192 Å². The Morgan fingerprint density at radius 2 is 1.07 bits per heavy atom. The van der Waals surface area contributed by atoms with E-state index >= 15 is 0 Å². The highest BCUT2D eigenvalue weighted by molar-refractivity contribution is 7.95. The van der Waals surface area contributed by atoms with Gasteiger partial charge in [0.05, 0.1) is 11.6 Å². The van der Waals surface area contributed by atoms with Gasteiger partial charge >= 0.3 is 0 Å². The third-order valence-electron chi connectivity index (χ3n) is 5.40. The number of hydrogen-bond acceptors (Lipinski definition) is 1. The van der Waals surface area contributed by atoms with E-state index in [1.165, 1.54) is 26.9 Å². The largest absolute Gasteiger partial charge is 1.00 e. The van der Waals surface area contributed by atoms with Gasteiger partial charge in [0.1, 0.15) is 37.4 Å². The standard InChI is InChI=1S/C26H28OPSi.BrH/c1-29(2,3)26-19-22(20-27-26)21-28(23-13-7-4-8-14-23,24-15-9-5-10-16-24)25-17-11-6-12-18-25;/h4-20H,21H2,1-3H3;1H/q+1;/p-1. The average molecular weight is 495 g/mol. The number of hydrogen-bond donors (Lipinski definition) is 0. The van der Waals surface area contributed by atoms with E-state index in [4.69, 9.17) is 4.42 Å². The van der Waals surface area contributed by atoms with Gasteiger partial charge in [-0.25, -0.2) is 0 Å². The van der Waals surface area contributed by atoms with Gasteiger partial charge in [-0.05, 0) is 42.5 Å². The Hall–Kier alpha value is -1.93. The molecular formula is C26H28BrOPSi. The van der Waals surface area contributed by atoms with Crippen LogP contribution in [0.5, 0.6) is 0 Å². The molecule has 0 aliphatic rings. The monoisotopic (exact) mass is 494 g/mol. The first kappa shape index (κ1) is 22.7. The lowest BCUT2D eigenvalue weighted by molar-refractivity contribution is -0.00000631. The van der Waals surface area contributed by atoms with Gasteiger partial charge in [0.2, 0.25) is 0 Å². The molecule has 1 nitrogen and oxygen atoms in total. The van der Waals surface area contributed by atoms with Gasteiger partial charge < -0.3 is 21.4 Å². The molecule has 0 atom stereocenters. The van der Waals surface area contributed by atoms with Crippen LogP contribution in [-0.2, 0) is 6.16 Å². The second-order valence-corrected chi connectivity index (χ2v) is 17.0. The molecule has 0 aliphatic carbocycles. The quantitative estimate of drug-likeness (QED) is 0.296. The zero-order valence-electron chi connectivity index (χ0n) is 17.8. The fourth-order valence-electron chi connectivity index (χ4n) is 3.89. The van der Waals surface area contributed by atoms with Crippen LogP contribution in [0.4, 0.5) is 0 Å². The summed E-state index contributed by atoms with van der Waals surface area (Å²) in [5.41, 5.74) is 1.30. The lowest BCUT2D eigenvalue weighted by Gasteiger charge is -2.27. The molecule has 0 radical (unpaired) electrons. The van der Waals surface area contributed by atoms with Crippen molar-refractivity contribution in [2.45, 2.75) is 25.8 Å². The minimum Gasteiger partial charge on any atom is -1.00 e. The fourth-order valence-corrected chi connectivity index (χ4v) is 9.12. The van der Waals surface area contributed by atoms with Crippen molar-refractivity contribution < 1.29 is 21.4 Å². The highest BCUT2D eigenvalue weighted by atomic mass is 79.9. The van der Waals surface area contributed by atoms with E-state index in [0.717, 1.165) is 6.16 Å². The third kappa shape index (κ3) is 4.54. The van der Waals surface area contributed by atoms with E-state index in [9.17, 15) is 0 Å². The lowest BCUT2D eigenvalue weighted by Crippen LogP contribution is -3.00. The Morgan fingerprint density at radius 1 is 0.667 bits per heavy atom. The summed E-state index contributed by atoms with van der Waals surface area (Å²) in [4.78, 5) is 0. The van der Waals surface area contributed by atoms with Gasteiger partial charge in [-0.3, -0.25) is 0 Å². The average Bonchev–Trinajstić information content (AvgIpc) is 3.23. The van der Waals surface area contributed by atoms with Crippen LogP contribution in [0.2, 0.25) is 19.6 Å². The molecule has 0 N–H and O–H groups in total. The van der Waals surface area contributed by atoms with Crippen LogP contribution in [0.25, 0.3) is 0 Å². The molecule has 4 heteroatoms. The lowest BCUT2D eigenvalue weighted by atomic mass is 10.3. The second kappa shape index (κ2) is 9.47. The zero-order valence-corrected chi connectivity index (χ0v) is 21.2. The Bertz CT molecular complexity index is 960. The van der Waals surface area contributed by atoms with Gasteiger partial charge in [0.15, 0.2) is 0 Å². The first-order chi connectivity index (χ1) is 14.0. The molecule has 30 heavy (non-hydrogen) atoms. The van der Waals surface area contributed by atoms with Gasteiger partial charge in [-0.2, -0.15) is 0 Å². The van der Waals surface area contributed by atoms with Crippen LogP contribution >= 0.6 is 7.26 Å². The molecular weight excluding hydrogens is 467 g/mol. The van der Waals surface area contributed by atoms with E-state index < -0.39 is 15.3 Å². The predicted octanol–water partition coefficient (Wildman–Crippen LogP) is 2.32. The molecule has 4 rings (SSSR count).